The van der Waals surface area contributed by atoms with Gasteiger partial charge in [0.05, 0.1) is 4.88 Å². The molecule has 0 spiro atoms. The maximum absolute atomic E-state index is 9.73. The van der Waals surface area contributed by atoms with Crippen molar-refractivity contribution in [2.24, 2.45) is 5.92 Å². The Balaban J connectivity index is 1.28. The maximum Gasteiger partial charge on any atom is 0.120 e. The summed E-state index contributed by atoms with van der Waals surface area (Å²) in [5.41, 5.74) is -0.921. The molecule has 4 saturated heterocycles. The molecule has 0 radical (unpaired) electrons. The molecule has 2 bridgehead atoms. The molecule has 4 aliphatic rings. The van der Waals surface area contributed by atoms with Gasteiger partial charge in [0.2, 0.25) is 0 Å². The number of nitrogens with zero attached hydrogens (tertiary/aromatic N) is 3. The smallest absolute Gasteiger partial charge is 0.120 e. The number of hydrogen-bond acceptors (Lipinski definition) is 5. The van der Waals surface area contributed by atoms with Crippen LogP contribution in [0.1, 0.15) is 36.4 Å². The highest BCUT2D eigenvalue weighted by atomic mass is 32.1. The van der Waals surface area contributed by atoms with E-state index in [4.69, 9.17) is 0 Å². The molecule has 4 fully saturated rings. The normalized spacial score (nSPS) is 30.2. The first-order chi connectivity index (χ1) is 12.5. The average Bonchev–Trinajstić information content (AvgIpc) is 3.08. The fourth-order valence-corrected chi connectivity index (χ4v) is 5.47. The second-order valence-electron chi connectivity index (χ2n) is 8.59. The molecule has 0 amide bonds. The van der Waals surface area contributed by atoms with E-state index in [1.807, 2.05) is 0 Å². The molecule has 1 unspecified atom stereocenters. The first-order valence-electron chi connectivity index (χ1n) is 9.99. The van der Waals surface area contributed by atoms with Crippen molar-refractivity contribution in [3.05, 3.63) is 21.9 Å². The zero-order valence-electron chi connectivity index (χ0n) is 16.1. The van der Waals surface area contributed by atoms with Crippen molar-refractivity contribution in [3.63, 3.8) is 0 Å². The highest BCUT2D eigenvalue weighted by Crippen LogP contribution is 2.31. The summed E-state index contributed by atoms with van der Waals surface area (Å²) in [5, 5.41) is 9.73. The van der Waals surface area contributed by atoms with Crippen LogP contribution in [-0.2, 0) is 6.54 Å². The molecule has 142 valence electrons. The van der Waals surface area contributed by atoms with E-state index in [-0.39, 0.29) is 0 Å². The lowest BCUT2D eigenvalue weighted by atomic mass is 9.83. The van der Waals surface area contributed by atoms with Crippen molar-refractivity contribution in [2.75, 3.05) is 45.8 Å². The number of aliphatic hydroxyl groups is 1. The summed E-state index contributed by atoms with van der Waals surface area (Å²) >= 11 is 1.76. The molecule has 26 heavy (non-hydrogen) atoms. The van der Waals surface area contributed by atoms with Crippen molar-refractivity contribution in [2.45, 2.75) is 44.9 Å². The summed E-state index contributed by atoms with van der Waals surface area (Å²) in [6.07, 6.45) is 2.82. The van der Waals surface area contributed by atoms with Crippen LogP contribution in [0.2, 0.25) is 0 Å². The van der Waals surface area contributed by atoms with E-state index in [1.54, 1.807) is 25.2 Å². The Morgan fingerprint density at radius 2 is 1.85 bits per heavy atom. The Morgan fingerprint density at radius 1 is 1.12 bits per heavy atom. The van der Waals surface area contributed by atoms with Gasteiger partial charge >= 0.3 is 0 Å². The lowest BCUT2D eigenvalue weighted by molar-refractivity contribution is -0.0161. The average molecular weight is 374 g/mol. The number of hydrogen-bond donors (Lipinski definition) is 1. The first-order valence-corrected chi connectivity index (χ1v) is 10.8. The first kappa shape index (κ1) is 18.5. The van der Waals surface area contributed by atoms with Crippen LogP contribution >= 0.6 is 11.3 Å². The highest BCUT2D eigenvalue weighted by Gasteiger charge is 2.38. The molecule has 1 aromatic heterocycles. The second kappa shape index (κ2) is 7.61. The van der Waals surface area contributed by atoms with Crippen LogP contribution < -0.4 is 0 Å². The molecule has 1 atom stereocenters. The maximum atomic E-state index is 9.73. The summed E-state index contributed by atoms with van der Waals surface area (Å²) in [7, 11) is 0. The van der Waals surface area contributed by atoms with E-state index in [9.17, 15) is 5.11 Å². The van der Waals surface area contributed by atoms with Gasteiger partial charge < -0.3 is 10.0 Å². The molecule has 0 aromatic carbocycles. The van der Waals surface area contributed by atoms with Crippen LogP contribution in [0.4, 0.5) is 0 Å². The number of piperidine rings is 3. The van der Waals surface area contributed by atoms with Gasteiger partial charge in [-0.2, -0.15) is 0 Å². The highest BCUT2D eigenvalue weighted by molar-refractivity contribution is 7.12. The van der Waals surface area contributed by atoms with Crippen molar-refractivity contribution < 1.29 is 5.11 Å². The van der Waals surface area contributed by atoms with Gasteiger partial charge in [-0.25, -0.2) is 0 Å². The lowest BCUT2D eigenvalue weighted by Gasteiger charge is -2.51. The molecule has 1 aromatic rings. The van der Waals surface area contributed by atoms with Gasteiger partial charge in [0.15, 0.2) is 0 Å². The number of rotatable bonds is 3. The number of fused-ring (bicyclic) bond motifs is 3. The molecular weight excluding hydrogens is 342 g/mol. The molecule has 0 saturated carbocycles. The molecule has 5 heterocycles. The zero-order chi connectivity index (χ0) is 18.1. The summed E-state index contributed by atoms with van der Waals surface area (Å²) in [6.45, 7) is 13.2. The minimum absolute atomic E-state index is 0.810. The lowest BCUT2D eigenvalue weighted by Crippen LogP contribution is -2.60. The van der Waals surface area contributed by atoms with E-state index in [0.717, 1.165) is 23.4 Å². The van der Waals surface area contributed by atoms with Crippen molar-refractivity contribution >= 4 is 11.3 Å². The number of piperazine rings is 1. The van der Waals surface area contributed by atoms with Crippen LogP contribution in [0.25, 0.3) is 0 Å². The van der Waals surface area contributed by atoms with Crippen LogP contribution in [0.5, 0.6) is 0 Å². The van der Waals surface area contributed by atoms with E-state index in [0.29, 0.717) is 0 Å². The van der Waals surface area contributed by atoms with Crippen molar-refractivity contribution in [1.29, 1.82) is 0 Å². The summed E-state index contributed by atoms with van der Waals surface area (Å²) in [4.78, 5) is 10.4. The van der Waals surface area contributed by atoms with Crippen LogP contribution in [0, 0.1) is 17.8 Å². The van der Waals surface area contributed by atoms with Crippen LogP contribution in [0.15, 0.2) is 12.1 Å². The van der Waals surface area contributed by atoms with E-state index >= 15 is 0 Å². The number of thiophene rings is 1. The zero-order valence-corrected chi connectivity index (χ0v) is 16.9. The van der Waals surface area contributed by atoms with Gasteiger partial charge in [0.25, 0.3) is 0 Å². The van der Waals surface area contributed by atoms with Gasteiger partial charge in [-0.3, -0.25) is 9.80 Å². The van der Waals surface area contributed by atoms with E-state index < -0.39 is 5.60 Å². The Kier molecular flexibility index (Phi) is 5.41. The second-order valence-corrected chi connectivity index (χ2v) is 9.76. The van der Waals surface area contributed by atoms with Gasteiger partial charge in [0, 0.05) is 50.2 Å². The molecule has 1 N–H and O–H groups in total. The van der Waals surface area contributed by atoms with E-state index in [2.05, 4.69) is 38.7 Å². The Morgan fingerprint density at radius 3 is 2.46 bits per heavy atom. The summed E-state index contributed by atoms with van der Waals surface area (Å²) in [5.74, 6) is 6.94. The third kappa shape index (κ3) is 4.49. The van der Waals surface area contributed by atoms with Gasteiger partial charge in [-0.15, -0.1) is 11.3 Å². The summed E-state index contributed by atoms with van der Waals surface area (Å²) in [6, 6.07) is 5.09. The van der Waals surface area contributed by atoms with Gasteiger partial charge in [-0.1, -0.05) is 11.8 Å². The standard InChI is InChI=1S/C21H31N3OS/c1-21(2,25)8-5-18-3-4-19(26-18)15-23-11-13-24(14-12-23)20-16-22-9-6-17(20)7-10-22/h3-4,17,20,25H,6-7,9-16H2,1-2H3. The molecule has 4 aliphatic heterocycles. The van der Waals surface area contributed by atoms with E-state index in [1.165, 1.54) is 63.5 Å². The fraction of sp³-hybridized carbons (Fsp3) is 0.714. The fourth-order valence-electron chi connectivity index (χ4n) is 4.57. The Labute approximate surface area is 161 Å². The SMILES string of the molecule is CC(C)(O)C#Cc1ccc(CN2CCN(C3CN4CCC3CC4)CC2)s1. The minimum atomic E-state index is -0.921. The van der Waals surface area contributed by atoms with Gasteiger partial charge in [0.1, 0.15) is 5.60 Å². The summed E-state index contributed by atoms with van der Waals surface area (Å²) < 4.78 is 0. The Hall–Kier alpha value is -0.900. The monoisotopic (exact) mass is 373 g/mol. The molecule has 5 rings (SSSR count). The minimum Gasteiger partial charge on any atom is -0.378 e. The molecular formula is C21H31N3OS. The molecule has 4 nitrogen and oxygen atoms in total. The predicted octanol–water partition coefficient (Wildman–Crippen LogP) is 2.08. The van der Waals surface area contributed by atoms with Crippen molar-refractivity contribution in [1.82, 2.24) is 14.7 Å². The third-order valence-electron chi connectivity index (χ3n) is 6.03. The van der Waals surface area contributed by atoms with Crippen LogP contribution in [-0.4, -0.2) is 77.3 Å². The quantitative estimate of drug-likeness (QED) is 0.822. The predicted molar refractivity (Wildman–Crippen MR) is 107 cm³/mol. The molecule has 5 heteroatoms. The topological polar surface area (TPSA) is 30.0 Å². The molecule has 0 aliphatic carbocycles. The van der Waals surface area contributed by atoms with Gasteiger partial charge in [-0.05, 0) is 57.8 Å². The largest absolute Gasteiger partial charge is 0.378 e. The van der Waals surface area contributed by atoms with Crippen LogP contribution in [0.3, 0.4) is 0 Å². The third-order valence-corrected chi connectivity index (χ3v) is 7.02. The van der Waals surface area contributed by atoms with Crippen molar-refractivity contribution in [3.8, 4) is 11.8 Å². The Bertz CT molecular complexity index is 667.